The summed E-state index contributed by atoms with van der Waals surface area (Å²) in [6, 6.07) is 9.05. The van der Waals surface area contributed by atoms with E-state index in [1.54, 1.807) is 0 Å². The SMILES string of the molecule is CCCCCCCCCN[C@@H](C)c1ccc(Br)cc1. The number of benzene rings is 1. The summed E-state index contributed by atoms with van der Waals surface area (Å²) in [5, 5.41) is 3.61. The second kappa shape index (κ2) is 10.4. The van der Waals surface area contributed by atoms with E-state index in [2.05, 4.69) is 59.4 Å². The lowest BCUT2D eigenvalue weighted by molar-refractivity contribution is 0.524. The molecule has 1 nitrogen and oxygen atoms in total. The van der Waals surface area contributed by atoms with Crippen LogP contribution in [0.4, 0.5) is 0 Å². The lowest BCUT2D eigenvalue weighted by Gasteiger charge is -2.14. The Kier molecular flexibility index (Phi) is 9.19. The highest BCUT2D eigenvalue weighted by Gasteiger charge is 2.03. The largest absolute Gasteiger partial charge is 0.310 e. The second-order valence-electron chi connectivity index (χ2n) is 5.35. The van der Waals surface area contributed by atoms with Crippen molar-refractivity contribution < 1.29 is 0 Å². The number of hydrogen-bond donors (Lipinski definition) is 1. The standard InChI is InChI=1S/C17H28BrN/c1-3-4-5-6-7-8-9-14-19-15(2)16-10-12-17(18)13-11-16/h10-13,15,19H,3-9,14H2,1-2H3/t15-/m0/s1. The summed E-state index contributed by atoms with van der Waals surface area (Å²) in [6.07, 6.45) is 9.63. The Balaban J connectivity index is 2.04. The van der Waals surface area contributed by atoms with Crippen LogP contribution < -0.4 is 5.32 Å². The van der Waals surface area contributed by atoms with Crippen LogP contribution in [0.15, 0.2) is 28.7 Å². The van der Waals surface area contributed by atoms with Crippen molar-refractivity contribution in [1.82, 2.24) is 5.32 Å². The molecule has 0 radical (unpaired) electrons. The van der Waals surface area contributed by atoms with E-state index in [9.17, 15) is 0 Å². The van der Waals surface area contributed by atoms with Crippen molar-refractivity contribution in [2.75, 3.05) is 6.54 Å². The molecule has 0 aliphatic carbocycles. The monoisotopic (exact) mass is 325 g/mol. The zero-order chi connectivity index (χ0) is 13.9. The molecule has 1 atom stereocenters. The molecule has 0 aromatic heterocycles. The number of nitrogens with one attached hydrogen (secondary N) is 1. The zero-order valence-electron chi connectivity index (χ0n) is 12.4. The quantitative estimate of drug-likeness (QED) is 0.532. The number of halogens is 1. The van der Waals surface area contributed by atoms with Crippen LogP contribution in [0.25, 0.3) is 0 Å². The van der Waals surface area contributed by atoms with E-state index < -0.39 is 0 Å². The van der Waals surface area contributed by atoms with Crippen molar-refractivity contribution in [2.24, 2.45) is 0 Å². The third-order valence-corrected chi connectivity index (χ3v) is 4.13. The van der Waals surface area contributed by atoms with Gasteiger partial charge in [-0.1, -0.05) is 73.5 Å². The molecule has 0 spiro atoms. The van der Waals surface area contributed by atoms with Gasteiger partial charge >= 0.3 is 0 Å². The Morgan fingerprint density at radius 2 is 1.53 bits per heavy atom. The maximum absolute atomic E-state index is 3.61. The van der Waals surface area contributed by atoms with Crippen molar-refractivity contribution in [3.05, 3.63) is 34.3 Å². The predicted octanol–water partition coefficient (Wildman–Crippen LogP) is 5.85. The summed E-state index contributed by atoms with van der Waals surface area (Å²) >= 11 is 3.47. The average molecular weight is 326 g/mol. The van der Waals surface area contributed by atoms with Crippen LogP contribution in [0.1, 0.15) is 70.4 Å². The van der Waals surface area contributed by atoms with Crippen LogP contribution in [0.3, 0.4) is 0 Å². The first kappa shape index (κ1) is 16.7. The lowest BCUT2D eigenvalue weighted by Crippen LogP contribution is -2.19. The first-order valence-electron chi connectivity index (χ1n) is 7.73. The van der Waals surface area contributed by atoms with E-state index >= 15 is 0 Å². The molecule has 1 aromatic carbocycles. The highest BCUT2D eigenvalue weighted by atomic mass is 79.9. The number of unbranched alkanes of at least 4 members (excludes halogenated alkanes) is 6. The molecule has 0 heterocycles. The van der Waals surface area contributed by atoms with E-state index in [1.807, 2.05) is 0 Å². The highest BCUT2D eigenvalue weighted by molar-refractivity contribution is 9.10. The Morgan fingerprint density at radius 1 is 0.947 bits per heavy atom. The van der Waals surface area contributed by atoms with Crippen LogP contribution in [0.5, 0.6) is 0 Å². The van der Waals surface area contributed by atoms with Gasteiger partial charge in [0, 0.05) is 10.5 Å². The summed E-state index contributed by atoms with van der Waals surface area (Å²) in [5.41, 5.74) is 1.37. The third-order valence-electron chi connectivity index (χ3n) is 3.60. The van der Waals surface area contributed by atoms with Crippen LogP contribution in [0, 0.1) is 0 Å². The van der Waals surface area contributed by atoms with Gasteiger partial charge in [-0.2, -0.15) is 0 Å². The van der Waals surface area contributed by atoms with Crippen molar-refractivity contribution in [1.29, 1.82) is 0 Å². The van der Waals surface area contributed by atoms with Gasteiger partial charge in [-0.05, 0) is 37.6 Å². The summed E-state index contributed by atoms with van der Waals surface area (Å²) in [5.74, 6) is 0. The fourth-order valence-electron chi connectivity index (χ4n) is 2.27. The van der Waals surface area contributed by atoms with E-state index in [4.69, 9.17) is 0 Å². The Hall–Kier alpha value is -0.340. The summed E-state index contributed by atoms with van der Waals surface area (Å²) in [7, 11) is 0. The number of rotatable bonds is 10. The first-order valence-corrected chi connectivity index (χ1v) is 8.52. The fraction of sp³-hybridized carbons (Fsp3) is 0.647. The molecule has 19 heavy (non-hydrogen) atoms. The molecule has 0 saturated carbocycles. The van der Waals surface area contributed by atoms with Gasteiger partial charge < -0.3 is 5.32 Å². The Labute approximate surface area is 127 Å². The summed E-state index contributed by atoms with van der Waals surface area (Å²) in [4.78, 5) is 0. The van der Waals surface area contributed by atoms with Gasteiger partial charge in [-0.3, -0.25) is 0 Å². The summed E-state index contributed by atoms with van der Waals surface area (Å²) < 4.78 is 1.15. The molecule has 1 rings (SSSR count). The van der Waals surface area contributed by atoms with Gasteiger partial charge in [0.2, 0.25) is 0 Å². The van der Waals surface area contributed by atoms with Crippen LogP contribution in [-0.4, -0.2) is 6.54 Å². The van der Waals surface area contributed by atoms with Crippen LogP contribution >= 0.6 is 15.9 Å². The molecule has 0 aliphatic heterocycles. The van der Waals surface area contributed by atoms with Crippen molar-refractivity contribution >= 4 is 15.9 Å². The van der Waals surface area contributed by atoms with Gasteiger partial charge in [0.05, 0.1) is 0 Å². The molecule has 1 N–H and O–H groups in total. The van der Waals surface area contributed by atoms with Gasteiger partial charge in [-0.25, -0.2) is 0 Å². The zero-order valence-corrected chi connectivity index (χ0v) is 14.0. The smallest absolute Gasteiger partial charge is 0.0291 e. The predicted molar refractivity (Wildman–Crippen MR) is 88.6 cm³/mol. The highest BCUT2D eigenvalue weighted by Crippen LogP contribution is 2.16. The average Bonchev–Trinajstić information content (AvgIpc) is 2.42. The van der Waals surface area contributed by atoms with Gasteiger partial charge in [0.15, 0.2) is 0 Å². The van der Waals surface area contributed by atoms with E-state index in [-0.39, 0.29) is 0 Å². The molecule has 0 fully saturated rings. The third kappa shape index (κ3) is 7.74. The first-order chi connectivity index (χ1) is 9.24. The summed E-state index contributed by atoms with van der Waals surface area (Å²) in [6.45, 7) is 5.64. The molecule has 0 bridgehead atoms. The molecule has 0 amide bonds. The van der Waals surface area contributed by atoms with Crippen molar-refractivity contribution in [3.63, 3.8) is 0 Å². The minimum absolute atomic E-state index is 0.452. The van der Waals surface area contributed by atoms with E-state index in [0.29, 0.717) is 6.04 Å². The molecule has 1 aromatic rings. The molecular formula is C17H28BrN. The van der Waals surface area contributed by atoms with Gasteiger partial charge in [0.1, 0.15) is 0 Å². The van der Waals surface area contributed by atoms with Crippen molar-refractivity contribution in [3.8, 4) is 0 Å². The lowest BCUT2D eigenvalue weighted by atomic mass is 10.1. The van der Waals surface area contributed by atoms with E-state index in [0.717, 1.165) is 11.0 Å². The molecule has 0 aliphatic rings. The van der Waals surface area contributed by atoms with E-state index in [1.165, 1.54) is 50.5 Å². The van der Waals surface area contributed by atoms with Crippen molar-refractivity contribution in [2.45, 2.75) is 64.8 Å². The molecule has 2 heteroatoms. The molecule has 108 valence electrons. The van der Waals surface area contributed by atoms with Crippen LogP contribution in [-0.2, 0) is 0 Å². The second-order valence-corrected chi connectivity index (χ2v) is 6.26. The maximum Gasteiger partial charge on any atom is 0.0291 e. The Morgan fingerprint density at radius 3 is 2.16 bits per heavy atom. The maximum atomic E-state index is 3.61. The van der Waals surface area contributed by atoms with Crippen LogP contribution in [0.2, 0.25) is 0 Å². The fourth-order valence-corrected chi connectivity index (χ4v) is 2.53. The molecule has 0 unspecified atom stereocenters. The molecular weight excluding hydrogens is 298 g/mol. The number of hydrogen-bond acceptors (Lipinski definition) is 1. The normalized spacial score (nSPS) is 12.6. The topological polar surface area (TPSA) is 12.0 Å². The minimum Gasteiger partial charge on any atom is -0.310 e. The van der Waals surface area contributed by atoms with Gasteiger partial charge in [0.25, 0.3) is 0 Å². The van der Waals surface area contributed by atoms with Gasteiger partial charge in [-0.15, -0.1) is 0 Å². The Bertz CT molecular complexity index is 321. The minimum atomic E-state index is 0.452. The molecule has 0 saturated heterocycles.